The molecule has 0 saturated carbocycles. The molecule has 0 aromatic heterocycles. The number of carbonyl (C=O) groups excluding carboxylic acids is 1. The Bertz CT molecular complexity index is 892. The molecular formula is C18H20ClN3O4. The summed E-state index contributed by atoms with van der Waals surface area (Å²) in [5.74, 6) is 0.504. The molecule has 0 fully saturated rings. The van der Waals surface area contributed by atoms with Crippen LogP contribution < -0.4 is 10.6 Å². The van der Waals surface area contributed by atoms with Crippen molar-refractivity contribution in [2.75, 3.05) is 23.1 Å². The molecule has 3 rings (SSSR count). The lowest BCUT2D eigenvalue weighted by Gasteiger charge is -2.20. The first-order valence-electron chi connectivity index (χ1n) is 8.24. The summed E-state index contributed by atoms with van der Waals surface area (Å²) >= 11 is 6.05. The van der Waals surface area contributed by atoms with Crippen molar-refractivity contribution in [1.82, 2.24) is 0 Å². The number of amides is 1. The number of hydrogen-bond donors (Lipinski definition) is 2. The van der Waals surface area contributed by atoms with Gasteiger partial charge in [-0.05, 0) is 43.9 Å². The minimum absolute atomic E-state index is 0.0192. The molecule has 1 atom stereocenters. The summed E-state index contributed by atoms with van der Waals surface area (Å²) in [4.78, 5) is 23.1. The summed E-state index contributed by atoms with van der Waals surface area (Å²) in [7, 11) is 0. The maximum Gasteiger partial charge on any atom is 0.412 e. The SMILES string of the molecule is CC(C)(C)OC(=O)Nc1ccc2c3c(cc([N+](=O)[O-])c2c1)NCC3CCl. The number of anilines is 2. The van der Waals surface area contributed by atoms with Crippen LogP contribution in [-0.4, -0.2) is 29.0 Å². The summed E-state index contributed by atoms with van der Waals surface area (Å²) in [6, 6.07) is 6.61. The van der Waals surface area contributed by atoms with E-state index in [0.717, 1.165) is 16.6 Å². The van der Waals surface area contributed by atoms with Crippen molar-refractivity contribution in [1.29, 1.82) is 0 Å². The fourth-order valence-corrected chi connectivity index (χ4v) is 3.40. The highest BCUT2D eigenvalue weighted by Gasteiger charge is 2.28. The number of nitrogens with zero attached hydrogens (tertiary/aromatic N) is 1. The Kier molecular flexibility index (Phi) is 4.66. The van der Waals surface area contributed by atoms with Crippen LogP contribution in [0, 0.1) is 10.1 Å². The third-order valence-electron chi connectivity index (χ3n) is 4.13. The maximum absolute atomic E-state index is 12.0. The lowest BCUT2D eigenvalue weighted by Crippen LogP contribution is -2.27. The predicted octanol–water partition coefficient (Wildman–Crippen LogP) is 4.84. The second kappa shape index (κ2) is 6.64. The van der Waals surface area contributed by atoms with Gasteiger partial charge < -0.3 is 10.1 Å². The van der Waals surface area contributed by atoms with Crippen molar-refractivity contribution in [2.45, 2.75) is 32.3 Å². The molecule has 0 aliphatic carbocycles. The molecule has 1 unspecified atom stereocenters. The first-order valence-corrected chi connectivity index (χ1v) is 8.78. The smallest absolute Gasteiger partial charge is 0.412 e. The number of benzene rings is 2. The summed E-state index contributed by atoms with van der Waals surface area (Å²) in [6.45, 7) is 5.94. The van der Waals surface area contributed by atoms with Crippen molar-refractivity contribution >= 4 is 45.5 Å². The quantitative estimate of drug-likeness (QED) is 0.453. The van der Waals surface area contributed by atoms with Crippen LogP contribution in [0.1, 0.15) is 32.3 Å². The Labute approximate surface area is 155 Å². The van der Waals surface area contributed by atoms with Gasteiger partial charge in [-0.3, -0.25) is 15.4 Å². The van der Waals surface area contributed by atoms with Crippen LogP contribution in [-0.2, 0) is 4.74 Å². The number of rotatable bonds is 3. The van der Waals surface area contributed by atoms with E-state index in [-0.39, 0.29) is 11.6 Å². The number of nitro benzene ring substituents is 1. The van der Waals surface area contributed by atoms with E-state index in [9.17, 15) is 14.9 Å². The molecule has 1 amide bonds. The molecular weight excluding hydrogens is 358 g/mol. The van der Waals surface area contributed by atoms with Gasteiger partial charge in [-0.25, -0.2) is 4.79 Å². The number of nitro groups is 1. The minimum Gasteiger partial charge on any atom is -0.444 e. The second-order valence-electron chi connectivity index (χ2n) is 7.23. The van der Waals surface area contributed by atoms with Gasteiger partial charge in [-0.1, -0.05) is 6.07 Å². The van der Waals surface area contributed by atoms with Gasteiger partial charge in [-0.2, -0.15) is 0 Å². The zero-order valence-electron chi connectivity index (χ0n) is 14.8. The fraction of sp³-hybridized carbons (Fsp3) is 0.389. The average molecular weight is 378 g/mol. The van der Waals surface area contributed by atoms with Gasteiger partial charge >= 0.3 is 6.09 Å². The Morgan fingerprint density at radius 1 is 1.38 bits per heavy atom. The summed E-state index contributed by atoms with van der Waals surface area (Å²) in [5.41, 5.74) is 1.50. The Morgan fingerprint density at radius 2 is 2.12 bits per heavy atom. The molecule has 8 heteroatoms. The van der Waals surface area contributed by atoms with Gasteiger partial charge in [0.2, 0.25) is 0 Å². The number of fused-ring (bicyclic) bond motifs is 3. The van der Waals surface area contributed by atoms with Crippen LogP contribution in [0.15, 0.2) is 24.3 Å². The molecule has 1 aliphatic heterocycles. The van der Waals surface area contributed by atoms with Gasteiger partial charge in [0.25, 0.3) is 5.69 Å². The van der Waals surface area contributed by atoms with Crippen LogP contribution in [0.4, 0.5) is 21.9 Å². The lowest BCUT2D eigenvalue weighted by molar-refractivity contribution is -0.383. The molecule has 0 saturated heterocycles. The zero-order valence-corrected chi connectivity index (χ0v) is 15.5. The predicted molar refractivity (Wildman–Crippen MR) is 102 cm³/mol. The minimum atomic E-state index is -0.632. The second-order valence-corrected chi connectivity index (χ2v) is 7.54. The van der Waals surface area contributed by atoms with E-state index in [1.807, 2.05) is 0 Å². The lowest BCUT2D eigenvalue weighted by atomic mass is 9.94. The molecule has 1 aliphatic rings. The highest BCUT2D eigenvalue weighted by Crippen LogP contribution is 2.43. The third kappa shape index (κ3) is 3.53. The molecule has 26 heavy (non-hydrogen) atoms. The van der Waals surface area contributed by atoms with Crippen molar-refractivity contribution < 1.29 is 14.5 Å². The highest BCUT2D eigenvalue weighted by atomic mass is 35.5. The summed E-state index contributed by atoms with van der Waals surface area (Å²) in [6.07, 6.45) is -0.610. The Morgan fingerprint density at radius 3 is 2.73 bits per heavy atom. The number of carbonyl (C=O) groups is 1. The molecule has 2 aromatic rings. The van der Waals surface area contributed by atoms with Crippen LogP contribution in [0.3, 0.4) is 0 Å². The van der Waals surface area contributed by atoms with Crippen molar-refractivity contribution in [3.8, 4) is 0 Å². The molecule has 2 N–H and O–H groups in total. The van der Waals surface area contributed by atoms with E-state index >= 15 is 0 Å². The van der Waals surface area contributed by atoms with Crippen LogP contribution in [0.5, 0.6) is 0 Å². The highest BCUT2D eigenvalue weighted by molar-refractivity contribution is 6.19. The monoisotopic (exact) mass is 377 g/mol. The maximum atomic E-state index is 12.0. The molecule has 0 spiro atoms. The number of hydrogen-bond acceptors (Lipinski definition) is 5. The largest absolute Gasteiger partial charge is 0.444 e. The van der Waals surface area contributed by atoms with Crippen LogP contribution in [0.25, 0.3) is 10.8 Å². The van der Waals surface area contributed by atoms with Gasteiger partial charge in [0.1, 0.15) is 5.60 Å². The van der Waals surface area contributed by atoms with Crippen molar-refractivity contribution in [3.05, 3.63) is 39.9 Å². The number of alkyl halides is 1. The molecule has 138 valence electrons. The number of non-ortho nitro benzene ring substituents is 1. The van der Waals surface area contributed by atoms with E-state index in [1.165, 1.54) is 6.07 Å². The third-order valence-corrected chi connectivity index (χ3v) is 4.50. The summed E-state index contributed by atoms with van der Waals surface area (Å²) in [5, 5.41) is 18.6. The molecule has 2 aromatic carbocycles. The molecule has 0 bridgehead atoms. The van der Waals surface area contributed by atoms with Crippen LogP contribution in [0.2, 0.25) is 0 Å². The average Bonchev–Trinajstić information content (AvgIpc) is 2.95. The van der Waals surface area contributed by atoms with E-state index in [1.54, 1.807) is 39.0 Å². The van der Waals surface area contributed by atoms with Gasteiger partial charge in [0, 0.05) is 35.8 Å². The topological polar surface area (TPSA) is 93.5 Å². The van der Waals surface area contributed by atoms with Crippen molar-refractivity contribution in [2.24, 2.45) is 0 Å². The standard InChI is InChI=1S/C18H20ClN3O4/c1-18(2,3)26-17(23)21-11-4-5-12-13(6-11)15(22(24)25)7-14-16(12)10(8-19)9-20-14/h4-7,10,20H,8-9H2,1-3H3,(H,21,23). The Hall–Kier alpha value is -2.54. The number of halogens is 1. The summed E-state index contributed by atoms with van der Waals surface area (Å²) < 4.78 is 5.23. The van der Waals surface area contributed by atoms with Gasteiger partial charge in [-0.15, -0.1) is 11.6 Å². The zero-order chi connectivity index (χ0) is 19.1. The first-order chi connectivity index (χ1) is 12.2. The van der Waals surface area contributed by atoms with E-state index in [4.69, 9.17) is 16.3 Å². The molecule has 0 radical (unpaired) electrons. The van der Waals surface area contributed by atoms with Gasteiger partial charge in [0.05, 0.1) is 10.3 Å². The van der Waals surface area contributed by atoms with Gasteiger partial charge in [0.15, 0.2) is 0 Å². The normalized spacial score (nSPS) is 16.1. The van der Waals surface area contributed by atoms with E-state index in [0.29, 0.717) is 23.5 Å². The fourth-order valence-electron chi connectivity index (χ4n) is 3.13. The van der Waals surface area contributed by atoms with Crippen molar-refractivity contribution in [3.63, 3.8) is 0 Å². The first kappa shape index (κ1) is 18.3. The molecule has 7 nitrogen and oxygen atoms in total. The number of nitrogens with one attached hydrogen (secondary N) is 2. The van der Waals surface area contributed by atoms with E-state index < -0.39 is 16.6 Å². The number of ether oxygens (including phenoxy) is 1. The van der Waals surface area contributed by atoms with Crippen LogP contribution >= 0.6 is 11.6 Å². The van der Waals surface area contributed by atoms with E-state index in [2.05, 4.69) is 10.6 Å². The Balaban J connectivity index is 2.06. The molecule has 1 heterocycles.